The van der Waals surface area contributed by atoms with Crippen molar-refractivity contribution in [1.82, 2.24) is 9.97 Å². The molecule has 2 rings (SSSR count). The molecule has 0 unspecified atom stereocenters. The lowest BCUT2D eigenvalue weighted by Crippen LogP contribution is -2.16. The lowest BCUT2D eigenvalue weighted by Gasteiger charge is -2.08. The van der Waals surface area contributed by atoms with E-state index >= 15 is 0 Å². The second kappa shape index (κ2) is 7.43. The van der Waals surface area contributed by atoms with Gasteiger partial charge in [-0.1, -0.05) is 36.5 Å². The molecule has 0 bridgehead atoms. The molecule has 0 radical (unpaired) electrons. The summed E-state index contributed by atoms with van der Waals surface area (Å²) in [6.45, 7) is 2.19. The van der Waals surface area contributed by atoms with Crippen LogP contribution in [0.5, 0.6) is 5.88 Å². The molecule has 2 aromatic rings. The van der Waals surface area contributed by atoms with E-state index in [0.29, 0.717) is 27.6 Å². The number of ether oxygens (including phenoxy) is 2. The number of esters is 1. The van der Waals surface area contributed by atoms with Gasteiger partial charge in [-0.15, -0.1) is 0 Å². The van der Waals surface area contributed by atoms with Gasteiger partial charge in [0, 0.05) is 5.02 Å². The first-order chi connectivity index (χ1) is 10.1. The number of halogens is 2. The number of fused-ring (bicyclic) bond motifs is 1. The van der Waals surface area contributed by atoms with Crippen molar-refractivity contribution in [1.29, 1.82) is 0 Å². The van der Waals surface area contributed by atoms with Crippen LogP contribution in [0.4, 0.5) is 0 Å². The number of aromatic nitrogens is 2. The Hall–Kier alpha value is -1.59. The Bertz CT molecular complexity index is 649. The fourth-order valence-electron chi connectivity index (χ4n) is 1.68. The van der Waals surface area contributed by atoms with Crippen molar-refractivity contribution in [3.63, 3.8) is 0 Å². The maximum Gasteiger partial charge on any atom is 0.344 e. The van der Waals surface area contributed by atoms with Gasteiger partial charge >= 0.3 is 5.97 Å². The fraction of sp³-hybridized carbons (Fsp3) is 0.357. The lowest BCUT2D eigenvalue weighted by molar-refractivity contribution is -0.146. The van der Waals surface area contributed by atoms with E-state index in [1.807, 2.05) is 6.92 Å². The molecule has 0 N–H and O–H groups in total. The second-order valence-electron chi connectivity index (χ2n) is 4.33. The van der Waals surface area contributed by atoms with Crippen molar-refractivity contribution >= 4 is 40.1 Å². The summed E-state index contributed by atoms with van der Waals surface area (Å²) in [5.41, 5.74) is 0.519. The topological polar surface area (TPSA) is 61.3 Å². The number of benzene rings is 1. The normalized spacial score (nSPS) is 10.6. The van der Waals surface area contributed by atoms with Crippen LogP contribution in [0.1, 0.15) is 19.8 Å². The minimum atomic E-state index is -0.441. The van der Waals surface area contributed by atoms with Crippen LogP contribution in [0, 0.1) is 0 Å². The van der Waals surface area contributed by atoms with Gasteiger partial charge in [-0.25, -0.2) is 14.8 Å². The lowest BCUT2D eigenvalue weighted by atomic mass is 10.2. The van der Waals surface area contributed by atoms with Crippen molar-refractivity contribution in [2.75, 3.05) is 13.2 Å². The summed E-state index contributed by atoms with van der Waals surface area (Å²) in [5, 5.41) is 1.39. The van der Waals surface area contributed by atoms with Crippen LogP contribution in [0.15, 0.2) is 18.5 Å². The van der Waals surface area contributed by atoms with Crippen LogP contribution in [-0.4, -0.2) is 29.2 Å². The second-order valence-corrected chi connectivity index (χ2v) is 5.17. The minimum absolute atomic E-state index is 0.222. The highest BCUT2D eigenvalue weighted by molar-refractivity contribution is 6.38. The molecule has 0 fully saturated rings. The van der Waals surface area contributed by atoms with Crippen LogP contribution >= 0.6 is 23.2 Å². The smallest absolute Gasteiger partial charge is 0.344 e. The highest BCUT2D eigenvalue weighted by Gasteiger charge is 2.11. The van der Waals surface area contributed by atoms with Crippen LogP contribution in [-0.2, 0) is 9.53 Å². The van der Waals surface area contributed by atoms with Crippen LogP contribution in [0.3, 0.4) is 0 Å². The Morgan fingerprint density at radius 3 is 2.86 bits per heavy atom. The number of rotatable bonds is 6. The molecule has 0 amide bonds. The Labute approximate surface area is 132 Å². The highest BCUT2D eigenvalue weighted by atomic mass is 35.5. The van der Waals surface area contributed by atoms with Gasteiger partial charge in [0.15, 0.2) is 6.61 Å². The first-order valence-electron chi connectivity index (χ1n) is 6.50. The third-order valence-electron chi connectivity index (χ3n) is 2.71. The van der Waals surface area contributed by atoms with Gasteiger partial charge in [0.25, 0.3) is 0 Å². The van der Waals surface area contributed by atoms with E-state index in [9.17, 15) is 4.79 Å². The molecule has 0 spiro atoms. The van der Waals surface area contributed by atoms with Gasteiger partial charge in [0.2, 0.25) is 5.88 Å². The Kier molecular flexibility index (Phi) is 5.59. The molecular formula is C14H14Cl2N2O3. The molecule has 1 aromatic heterocycles. The van der Waals surface area contributed by atoms with Crippen molar-refractivity contribution in [2.24, 2.45) is 0 Å². The Morgan fingerprint density at radius 1 is 1.29 bits per heavy atom. The van der Waals surface area contributed by atoms with E-state index in [-0.39, 0.29) is 12.5 Å². The predicted octanol–water partition coefficient (Wildman–Crippen LogP) is 3.66. The summed E-state index contributed by atoms with van der Waals surface area (Å²) in [6, 6.07) is 3.22. The summed E-state index contributed by atoms with van der Waals surface area (Å²) >= 11 is 12.0. The zero-order chi connectivity index (χ0) is 15.2. The zero-order valence-electron chi connectivity index (χ0n) is 11.4. The molecule has 0 atom stereocenters. The average Bonchev–Trinajstić information content (AvgIpc) is 2.45. The molecule has 1 heterocycles. The first-order valence-corrected chi connectivity index (χ1v) is 7.25. The number of unbranched alkanes of at least 4 members (excludes halogenated alkanes) is 1. The van der Waals surface area contributed by atoms with Crippen molar-refractivity contribution in [3.05, 3.63) is 28.5 Å². The molecule has 0 saturated carbocycles. The molecule has 21 heavy (non-hydrogen) atoms. The number of nitrogens with zero attached hydrogens (tertiary/aromatic N) is 2. The molecular weight excluding hydrogens is 315 g/mol. The Balaban J connectivity index is 2.10. The molecule has 112 valence electrons. The third-order valence-corrected chi connectivity index (χ3v) is 3.21. The van der Waals surface area contributed by atoms with Gasteiger partial charge in [0.05, 0.1) is 22.5 Å². The summed E-state index contributed by atoms with van der Waals surface area (Å²) in [6.07, 6.45) is 3.11. The number of carbonyl (C=O) groups excluding carboxylic acids is 1. The van der Waals surface area contributed by atoms with Gasteiger partial charge < -0.3 is 9.47 Å². The van der Waals surface area contributed by atoms with Crippen LogP contribution in [0.25, 0.3) is 10.9 Å². The van der Waals surface area contributed by atoms with Gasteiger partial charge in [0.1, 0.15) is 6.33 Å². The maximum atomic E-state index is 11.5. The largest absolute Gasteiger partial charge is 0.465 e. The van der Waals surface area contributed by atoms with E-state index in [0.717, 1.165) is 12.8 Å². The predicted molar refractivity (Wildman–Crippen MR) is 80.9 cm³/mol. The third kappa shape index (κ3) is 4.19. The monoisotopic (exact) mass is 328 g/mol. The number of hydrogen-bond donors (Lipinski definition) is 0. The van der Waals surface area contributed by atoms with Crippen molar-refractivity contribution in [2.45, 2.75) is 19.8 Å². The number of carbonyl (C=O) groups is 1. The van der Waals surface area contributed by atoms with Crippen molar-refractivity contribution < 1.29 is 14.3 Å². The molecule has 7 heteroatoms. The van der Waals surface area contributed by atoms with E-state index in [1.165, 1.54) is 6.33 Å². The molecule has 0 aliphatic rings. The zero-order valence-corrected chi connectivity index (χ0v) is 12.9. The average molecular weight is 329 g/mol. The van der Waals surface area contributed by atoms with Crippen LogP contribution < -0.4 is 4.74 Å². The minimum Gasteiger partial charge on any atom is -0.465 e. The first kappa shape index (κ1) is 15.8. The summed E-state index contributed by atoms with van der Waals surface area (Å²) in [7, 11) is 0. The Morgan fingerprint density at radius 2 is 2.10 bits per heavy atom. The molecule has 0 aliphatic carbocycles. The summed E-state index contributed by atoms with van der Waals surface area (Å²) in [4.78, 5) is 19.6. The van der Waals surface area contributed by atoms with Gasteiger partial charge in [-0.3, -0.25) is 0 Å². The van der Waals surface area contributed by atoms with Crippen LogP contribution in [0.2, 0.25) is 10.0 Å². The van der Waals surface area contributed by atoms with E-state index in [2.05, 4.69) is 9.97 Å². The quantitative estimate of drug-likeness (QED) is 0.598. The maximum absolute atomic E-state index is 11.5. The molecule has 0 saturated heterocycles. The van der Waals surface area contributed by atoms with E-state index in [1.54, 1.807) is 12.1 Å². The van der Waals surface area contributed by atoms with Gasteiger partial charge in [-0.05, 0) is 18.6 Å². The standard InChI is InChI=1S/C14H14Cl2N2O3/c1-2-3-4-20-12(19)7-21-14-10-5-9(15)6-11(16)13(10)17-8-18-14/h5-6,8H,2-4,7H2,1H3. The molecule has 5 nitrogen and oxygen atoms in total. The molecule has 0 aliphatic heterocycles. The van der Waals surface area contributed by atoms with E-state index in [4.69, 9.17) is 32.7 Å². The summed E-state index contributed by atoms with van der Waals surface area (Å²) < 4.78 is 10.4. The fourth-order valence-corrected chi connectivity index (χ4v) is 2.23. The van der Waals surface area contributed by atoms with E-state index < -0.39 is 5.97 Å². The van der Waals surface area contributed by atoms with Crippen molar-refractivity contribution in [3.8, 4) is 5.88 Å². The molecule has 1 aromatic carbocycles. The summed E-state index contributed by atoms with van der Waals surface area (Å²) in [5.74, 6) is -0.194. The SMILES string of the molecule is CCCCOC(=O)COc1ncnc2c(Cl)cc(Cl)cc12. The van der Waals surface area contributed by atoms with Gasteiger partial charge in [-0.2, -0.15) is 0 Å². The number of hydrogen-bond acceptors (Lipinski definition) is 5. The highest BCUT2D eigenvalue weighted by Crippen LogP contribution is 2.30.